The number of rotatable bonds is 5. The van der Waals surface area contributed by atoms with E-state index in [1.54, 1.807) is 32.4 Å². The van der Waals surface area contributed by atoms with Gasteiger partial charge in [0.1, 0.15) is 0 Å². The van der Waals surface area contributed by atoms with Crippen molar-refractivity contribution in [3.8, 4) is 11.5 Å². The third-order valence-electron chi connectivity index (χ3n) is 5.55. The summed E-state index contributed by atoms with van der Waals surface area (Å²) in [5.74, 6) is 1.10. The van der Waals surface area contributed by atoms with Crippen molar-refractivity contribution >= 4 is 17.3 Å². The van der Waals surface area contributed by atoms with Crippen LogP contribution in [0.3, 0.4) is 0 Å². The normalized spacial score (nSPS) is 17.8. The van der Waals surface area contributed by atoms with Gasteiger partial charge in [-0.1, -0.05) is 36.4 Å². The lowest BCUT2D eigenvalue weighted by atomic mass is 9.90. The number of carbonyl (C=O) groups excluding carboxylic acids is 1. The minimum atomic E-state index is -0.0472. The zero-order valence-electron chi connectivity index (χ0n) is 17.5. The van der Waals surface area contributed by atoms with Crippen LogP contribution < -0.4 is 19.7 Å². The molecule has 1 aliphatic rings. The molecule has 30 heavy (non-hydrogen) atoms. The summed E-state index contributed by atoms with van der Waals surface area (Å²) in [7, 11) is 3.16. The van der Waals surface area contributed by atoms with E-state index < -0.39 is 0 Å². The number of hydrogen-bond donors (Lipinski definition) is 1. The van der Waals surface area contributed by atoms with Gasteiger partial charge < -0.3 is 19.7 Å². The monoisotopic (exact) mass is 402 g/mol. The van der Waals surface area contributed by atoms with Gasteiger partial charge in [-0.15, -0.1) is 0 Å². The molecule has 0 spiro atoms. The summed E-state index contributed by atoms with van der Waals surface area (Å²) in [5.41, 5.74) is 3.70. The zero-order valence-corrected chi connectivity index (χ0v) is 17.5. The summed E-state index contributed by atoms with van der Waals surface area (Å²) in [5, 5.41) is 3.63. The Bertz CT molecular complexity index is 1040. The number of nitrogens with one attached hydrogen (secondary N) is 1. The lowest BCUT2D eigenvalue weighted by Crippen LogP contribution is -2.44. The van der Waals surface area contributed by atoms with Crippen LogP contribution >= 0.6 is 0 Å². The molecule has 5 nitrogen and oxygen atoms in total. The number of para-hydroxylation sites is 2. The van der Waals surface area contributed by atoms with E-state index in [9.17, 15) is 4.79 Å². The number of anilines is 2. The average molecular weight is 402 g/mol. The zero-order chi connectivity index (χ0) is 21.1. The fourth-order valence-electron chi connectivity index (χ4n) is 4.10. The van der Waals surface area contributed by atoms with Gasteiger partial charge in [-0.25, -0.2) is 0 Å². The van der Waals surface area contributed by atoms with Crippen LogP contribution in [0.15, 0.2) is 72.8 Å². The smallest absolute Gasteiger partial charge is 0.258 e. The van der Waals surface area contributed by atoms with E-state index in [2.05, 4.69) is 30.4 Å². The molecule has 1 heterocycles. The van der Waals surface area contributed by atoms with Crippen molar-refractivity contribution in [1.82, 2.24) is 0 Å². The van der Waals surface area contributed by atoms with E-state index in [1.807, 2.05) is 41.3 Å². The maximum absolute atomic E-state index is 13.5. The molecule has 0 saturated heterocycles. The molecule has 3 aromatic carbocycles. The highest BCUT2D eigenvalue weighted by molar-refractivity contribution is 6.07. The Morgan fingerprint density at radius 3 is 2.37 bits per heavy atom. The van der Waals surface area contributed by atoms with Crippen LogP contribution in [0.25, 0.3) is 0 Å². The molecule has 0 aliphatic carbocycles. The lowest BCUT2D eigenvalue weighted by Gasteiger charge is -2.40. The van der Waals surface area contributed by atoms with Crippen LogP contribution in [0, 0.1) is 0 Å². The second-order valence-corrected chi connectivity index (χ2v) is 7.45. The molecule has 0 aromatic heterocycles. The second kappa shape index (κ2) is 8.49. The van der Waals surface area contributed by atoms with Crippen molar-refractivity contribution in [1.29, 1.82) is 0 Å². The van der Waals surface area contributed by atoms with Gasteiger partial charge in [0.2, 0.25) is 0 Å². The van der Waals surface area contributed by atoms with Crippen LogP contribution in [-0.4, -0.2) is 26.2 Å². The Kier molecular flexibility index (Phi) is 5.61. The predicted molar refractivity (Wildman–Crippen MR) is 120 cm³/mol. The molecule has 0 unspecified atom stereocenters. The van der Waals surface area contributed by atoms with Gasteiger partial charge in [-0.05, 0) is 55.3 Å². The molecule has 3 aromatic rings. The van der Waals surface area contributed by atoms with Gasteiger partial charge in [-0.2, -0.15) is 0 Å². The van der Waals surface area contributed by atoms with Gasteiger partial charge in [0.15, 0.2) is 11.5 Å². The Morgan fingerprint density at radius 2 is 1.63 bits per heavy atom. The molecule has 1 aliphatic heterocycles. The maximum Gasteiger partial charge on any atom is 0.258 e. The third kappa shape index (κ3) is 3.71. The van der Waals surface area contributed by atoms with Crippen LogP contribution in [-0.2, 0) is 0 Å². The number of nitrogens with zero attached hydrogens (tertiary/aromatic N) is 1. The molecule has 4 rings (SSSR count). The van der Waals surface area contributed by atoms with E-state index in [4.69, 9.17) is 9.47 Å². The van der Waals surface area contributed by atoms with E-state index in [0.717, 1.165) is 23.4 Å². The van der Waals surface area contributed by atoms with E-state index in [0.29, 0.717) is 17.1 Å². The fourth-order valence-corrected chi connectivity index (χ4v) is 4.10. The first-order chi connectivity index (χ1) is 14.6. The number of amides is 1. The number of benzene rings is 3. The predicted octanol–water partition coefficient (Wildman–Crippen LogP) is 5.30. The maximum atomic E-state index is 13.5. The average Bonchev–Trinajstić information content (AvgIpc) is 2.79. The van der Waals surface area contributed by atoms with Gasteiger partial charge in [-0.3, -0.25) is 4.79 Å². The SMILES string of the molecule is COc1ccc(C(=O)N2c3ccccc3[C@H](Nc3ccccc3)C[C@H]2C)cc1OC. The molecular weight excluding hydrogens is 376 g/mol. The molecule has 0 saturated carbocycles. The first-order valence-electron chi connectivity index (χ1n) is 10.1. The van der Waals surface area contributed by atoms with Crippen LogP contribution in [0.4, 0.5) is 11.4 Å². The highest BCUT2D eigenvalue weighted by atomic mass is 16.5. The van der Waals surface area contributed by atoms with Crippen molar-refractivity contribution in [2.24, 2.45) is 0 Å². The van der Waals surface area contributed by atoms with Crippen molar-refractivity contribution in [3.05, 3.63) is 83.9 Å². The Hall–Kier alpha value is -3.47. The second-order valence-electron chi connectivity index (χ2n) is 7.45. The minimum Gasteiger partial charge on any atom is -0.493 e. The van der Waals surface area contributed by atoms with Gasteiger partial charge >= 0.3 is 0 Å². The summed E-state index contributed by atoms with van der Waals surface area (Å²) in [4.78, 5) is 15.4. The number of fused-ring (bicyclic) bond motifs is 1. The van der Waals surface area contributed by atoms with E-state index in [1.165, 1.54) is 0 Å². The standard InChI is InChI=1S/C25H26N2O3/c1-17-15-21(26-19-9-5-4-6-10-19)20-11-7-8-12-22(20)27(17)25(28)18-13-14-23(29-2)24(16-18)30-3/h4-14,16-17,21,26H,15H2,1-3H3/t17-,21-/m1/s1. The molecule has 5 heteroatoms. The van der Waals surface area contributed by atoms with E-state index >= 15 is 0 Å². The summed E-state index contributed by atoms with van der Waals surface area (Å²) in [6.45, 7) is 2.09. The van der Waals surface area contributed by atoms with Gasteiger partial charge in [0, 0.05) is 23.0 Å². The number of methoxy groups -OCH3 is 2. The minimum absolute atomic E-state index is 0.0294. The van der Waals surface area contributed by atoms with Crippen molar-refractivity contribution in [2.75, 3.05) is 24.4 Å². The molecule has 0 fully saturated rings. The Balaban J connectivity index is 1.68. The molecule has 0 radical (unpaired) electrons. The first-order valence-corrected chi connectivity index (χ1v) is 10.1. The number of ether oxygens (including phenoxy) is 2. The number of hydrogen-bond acceptors (Lipinski definition) is 4. The highest BCUT2D eigenvalue weighted by Gasteiger charge is 2.34. The fraction of sp³-hybridized carbons (Fsp3) is 0.240. The van der Waals surface area contributed by atoms with Crippen molar-refractivity contribution < 1.29 is 14.3 Å². The van der Waals surface area contributed by atoms with Gasteiger partial charge in [0.05, 0.1) is 20.3 Å². The quantitative estimate of drug-likeness (QED) is 0.629. The summed E-state index contributed by atoms with van der Waals surface area (Å²) in [6.07, 6.45) is 0.810. The topological polar surface area (TPSA) is 50.8 Å². The Labute approximate surface area is 177 Å². The van der Waals surface area contributed by atoms with Crippen molar-refractivity contribution in [3.63, 3.8) is 0 Å². The Morgan fingerprint density at radius 1 is 0.933 bits per heavy atom. The first kappa shape index (κ1) is 19.8. The largest absolute Gasteiger partial charge is 0.493 e. The summed E-state index contributed by atoms with van der Waals surface area (Å²) >= 11 is 0. The molecule has 1 amide bonds. The lowest BCUT2D eigenvalue weighted by molar-refractivity contribution is 0.0973. The third-order valence-corrected chi connectivity index (χ3v) is 5.55. The van der Waals surface area contributed by atoms with Crippen LogP contribution in [0.2, 0.25) is 0 Å². The summed E-state index contributed by atoms with van der Waals surface area (Å²) < 4.78 is 10.7. The van der Waals surface area contributed by atoms with Crippen LogP contribution in [0.1, 0.15) is 35.3 Å². The molecule has 154 valence electrons. The molecule has 2 atom stereocenters. The highest BCUT2D eigenvalue weighted by Crippen LogP contribution is 2.40. The van der Waals surface area contributed by atoms with Gasteiger partial charge in [0.25, 0.3) is 5.91 Å². The van der Waals surface area contributed by atoms with Crippen molar-refractivity contribution in [2.45, 2.75) is 25.4 Å². The molecular formula is C25H26N2O3. The number of carbonyl (C=O) groups is 1. The van der Waals surface area contributed by atoms with Crippen LogP contribution in [0.5, 0.6) is 11.5 Å². The molecule has 1 N–H and O–H groups in total. The summed E-state index contributed by atoms with van der Waals surface area (Å²) in [6, 6.07) is 23.7. The molecule has 0 bridgehead atoms. The van der Waals surface area contributed by atoms with E-state index in [-0.39, 0.29) is 18.0 Å².